The van der Waals surface area contributed by atoms with E-state index < -0.39 is 0 Å². The van der Waals surface area contributed by atoms with Crippen molar-refractivity contribution >= 4 is 23.4 Å². The van der Waals surface area contributed by atoms with E-state index in [1.54, 1.807) is 6.07 Å². The summed E-state index contributed by atoms with van der Waals surface area (Å²) in [7, 11) is 0. The van der Waals surface area contributed by atoms with Crippen molar-refractivity contribution in [1.82, 2.24) is 4.98 Å². The maximum absolute atomic E-state index is 9.21. The second-order valence-electron chi connectivity index (χ2n) is 4.53. The first-order valence-electron chi connectivity index (χ1n) is 6.49. The molecule has 0 aliphatic carbocycles. The zero-order valence-corrected chi connectivity index (χ0v) is 13.5. The van der Waals surface area contributed by atoms with E-state index in [2.05, 4.69) is 11.1 Å². The van der Waals surface area contributed by atoms with Crippen LogP contribution >= 0.6 is 23.4 Å². The molecule has 0 atom stereocenters. The summed E-state index contributed by atoms with van der Waals surface area (Å²) in [6, 6.07) is 11.4. The SMILES string of the molecule is Cc1cc(C)c(C#N)c(SCCOc2cccc(Cl)c2)n1. The number of ether oxygens (including phenoxy) is 1. The van der Waals surface area contributed by atoms with Gasteiger partial charge < -0.3 is 4.74 Å². The Morgan fingerprint density at radius 2 is 2.14 bits per heavy atom. The van der Waals surface area contributed by atoms with E-state index in [4.69, 9.17) is 16.3 Å². The van der Waals surface area contributed by atoms with Crippen LogP contribution in [-0.4, -0.2) is 17.3 Å². The summed E-state index contributed by atoms with van der Waals surface area (Å²) < 4.78 is 5.63. The summed E-state index contributed by atoms with van der Waals surface area (Å²) in [5.41, 5.74) is 2.53. The smallest absolute Gasteiger partial charge is 0.120 e. The number of aromatic nitrogens is 1. The van der Waals surface area contributed by atoms with Gasteiger partial charge in [0.25, 0.3) is 0 Å². The molecule has 0 aliphatic heterocycles. The summed E-state index contributed by atoms with van der Waals surface area (Å²) in [6.07, 6.45) is 0. The highest BCUT2D eigenvalue weighted by Crippen LogP contribution is 2.24. The number of aryl methyl sites for hydroxylation is 2. The lowest BCUT2D eigenvalue weighted by atomic mass is 10.1. The number of nitrogens with zero attached hydrogens (tertiary/aromatic N) is 2. The van der Waals surface area contributed by atoms with E-state index in [-0.39, 0.29) is 0 Å². The molecule has 1 aromatic heterocycles. The molecule has 0 unspecified atom stereocenters. The highest BCUT2D eigenvalue weighted by atomic mass is 35.5. The molecular formula is C16H15ClN2OS. The number of pyridine rings is 1. The summed E-state index contributed by atoms with van der Waals surface area (Å²) in [4.78, 5) is 4.43. The average molecular weight is 319 g/mol. The number of hydrogen-bond acceptors (Lipinski definition) is 4. The Morgan fingerprint density at radius 3 is 2.86 bits per heavy atom. The normalized spacial score (nSPS) is 10.2. The highest BCUT2D eigenvalue weighted by Gasteiger charge is 2.09. The topological polar surface area (TPSA) is 45.9 Å². The molecule has 0 spiro atoms. The van der Waals surface area contributed by atoms with Crippen molar-refractivity contribution in [2.24, 2.45) is 0 Å². The second-order valence-corrected chi connectivity index (χ2v) is 6.05. The monoisotopic (exact) mass is 318 g/mol. The van der Waals surface area contributed by atoms with E-state index in [0.717, 1.165) is 27.8 Å². The molecule has 0 saturated heterocycles. The molecular weight excluding hydrogens is 304 g/mol. The molecule has 1 heterocycles. The lowest BCUT2D eigenvalue weighted by Crippen LogP contribution is -2.02. The molecule has 0 saturated carbocycles. The van der Waals surface area contributed by atoms with E-state index in [0.29, 0.717) is 17.2 Å². The molecule has 1 aromatic carbocycles. The van der Waals surface area contributed by atoms with E-state index in [1.165, 1.54) is 11.8 Å². The standard InChI is InChI=1S/C16H15ClN2OS/c1-11-8-12(2)19-16(15(11)10-18)21-7-6-20-14-5-3-4-13(17)9-14/h3-5,8-9H,6-7H2,1-2H3. The maximum atomic E-state index is 9.21. The van der Waals surface area contributed by atoms with Crippen LogP contribution in [-0.2, 0) is 0 Å². The molecule has 108 valence electrons. The number of thioether (sulfide) groups is 1. The van der Waals surface area contributed by atoms with Gasteiger partial charge in [-0.05, 0) is 43.7 Å². The first-order chi connectivity index (χ1) is 10.1. The van der Waals surface area contributed by atoms with Gasteiger partial charge in [0.1, 0.15) is 16.8 Å². The van der Waals surface area contributed by atoms with Crippen LogP contribution in [0.25, 0.3) is 0 Å². The zero-order valence-electron chi connectivity index (χ0n) is 11.9. The van der Waals surface area contributed by atoms with E-state index >= 15 is 0 Å². The van der Waals surface area contributed by atoms with Gasteiger partial charge >= 0.3 is 0 Å². The van der Waals surface area contributed by atoms with Gasteiger partial charge in [-0.15, -0.1) is 11.8 Å². The molecule has 5 heteroatoms. The van der Waals surface area contributed by atoms with Crippen LogP contribution in [0.1, 0.15) is 16.8 Å². The van der Waals surface area contributed by atoms with Crippen molar-refractivity contribution in [1.29, 1.82) is 5.26 Å². The summed E-state index contributed by atoms with van der Waals surface area (Å²) in [5.74, 6) is 1.47. The number of benzene rings is 1. The third kappa shape index (κ3) is 4.38. The molecule has 0 fully saturated rings. The Balaban J connectivity index is 1.94. The zero-order chi connectivity index (χ0) is 15.2. The number of halogens is 1. The lowest BCUT2D eigenvalue weighted by molar-refractivity contribution is 0.344. The molecule has 0 bridgehead atoms. The van der Waals surface area contributed by atoms with Crippen LogP contribution in [0.15, 0.2) is 35.4 Å². The number of nitriles is 1. The fraction of sp³-hybridized carbons (Fsp3) is 0.250. The Hall–Kier alpha value is -1.70. The van der Waals surface area contributed by atoms with Gasteiger partial charge in [-0.25, -0.2) is 4.98 Å². The minimum absolute atomic E-state index is 0.532. The quantitative estimate of drug-likeness (QED) is 0.605. The Labute approximate surface area is 133 Å². The van der Waals surface area contributed by atoms with Crippen molar-refractivity contribution in [3.63, 3.8) is 0 Å². The fourth-order valence-electron chi connectivity index (χ4n) is 1.90. The van der Waals surface area contributed by atoms with Crippen molar-refractivity contribution < 1.29 is 4.74 Å². The third-order valence-electron chi connectivity index (χ3n) is 2.81. The van der Waals surface area contributed by atoms with Crippen LogP contribution in [0.3, 0.4) is 0 Å². The van der Waals surface area contributed by atoms with Gasteiger partial charge in [0.15, 0.2) is 0 Å². The van der Waals surface area contributed by atoms with Crippen LogP contribution in [0, 0.1) is 25.2 Å². The first-order valence-corrected chi connectivity index (χ1v) is 7.86. The van der Waals surface area contributed by atoms with Crippen LogP contribution in [0.4, 0.5) is 0 Å². The van der Waals surface area contributed by atoms with E-state index in [1.807, 2.05) is 38.1 Å². The fourth-order valence-corrected chi connectivity index (χ4v) is 3.00. The highest BCUT2D eigenvalue weighted by molar-refractivity contribution is 7.99. The number of rotatable bonds is 5. The van der Waals surface area contributed by atoms with Crippen molar-refractivity contribution in [3.8, 4) is 11.8 Å². The summed E-state index contributed by atoms with van der Waals surface area (Å²) in [6.45, 7) is 4.39. The molecule has 3 nitrogen and oxygen atoms in total. The lowest BCUT2D eigenvalue weighted by Gasteiger charge is -2.08. The van der Waals surface area contributed by atoms with Gasteiger partial charge in [0.05, 0.1) is 12.2 Å². The Kier molecular flexibility index (Phi) is 5.49. The van der Waals surface area contributed by atoms with E-state index in [9.17, 15) is 5.26 Å². The van der Waals surface area contributed by atoms with Crippen LogP contribution < -0.4 is 4.74 Å². The van der Waals surface area contributed by atoms with Gasteiger partial charge in [0, 0.05) is 16.5 Å². The molecule has 21 heavy (non-hydrogen) atoms. The maximum Gasteiger partial charge on any atom is 0.120 e. The molecule has 0 amide bonds. The van der Waals surface area contributed by atoms with Gasteiger partial charge in [0.2, 0.25) is 0 Å². The predicted octanol–water partition coefficient (Wildman–Crippen LogP) is 4.39. The van der Waals surface area contributed by atoms with Gasteiger partial charge in [-0.1, -0.05) is 17.7 Å². The van der Waals surface area contributed by atoms with Crippen molar-refractivity contribution in [2.45, 2.75) is 18.9 Å². The number of hydrogen-bond donors (Lipinski definition) is 0. The van der Waals surface area contributed by atoms with Crippen LogP contribution in [0.5, 0.6) is 5.75 Å². The van der Waals surface area contributed by atoms with Gasteiger partial charge in [-0.2, -0.15) is 5.26 Å². The molecule has 2 aromatic rings. The average Bonchev–Trinajstić information content (AvgIpc) is 2.43. The minimum atomic E-state index is 0.532. The minimum Gasteiger partial charge on any atom is -0.493 e. The largest absolute Gasteiger partial charge is 0.493 e. The molecule has 2 rings (SSSR count). The van der Waals surface area contributed by atoms with Crippen LogP contribution in [0.2, 0.25) is 5.02 Å². The molecule has 0 N–H and O–H groups in total. The van der Waals surface area contributed by atoms with Gasteiger partial charge in [-0.3, -0.25) is 0 Å². The van der Waals surface area contributed by atoms with Crippen molar-refractivity contribution in [3.05, 3.63) is 52.2 Å². The Bertz CT molecular complexity index is 682. The second kappa shape index (κ2) is 7.35. The predicted molar refractivity (Wildman–Crippen MR) is 86.1 cm³/mol. The van der Waals surface area contributed by atoms with Crippen molar-refractivity contribution in [2.75, 3.05) is 12.4 Å². The molecule has 0 radical (unpaired) electrons. The Morgan fingerprint density at radius 1 is 1.33 bits per heavy atom. The summed E-state index contributed by atoms with van der Waals surface area (Å²) >= 11 is 7.43. The third-order valence-corrected chi connectivity index (χ3v) is 3.98. The molecule has 0 aliphatic rings. The first kappa shape index (κ1) is 15.7. The summed E-state index contributed by atoms with van der Waals surface area (Å²) in [5, 5.41) is 10.6.